The van der Waals surface area contributed by atoms with E-state index in [1.54, 1.807) is 24.1 Å². The van der Waals surface area contributed by atoms with Crippen molar-refractivity contribution in [2.75, 3.05) is 59.9 Å². The van der Waals surface area contributed by atoms with Gasteiger partial charge in [0.05, 0.1) is 18.1 Å². The van der Waals surface area contributed by atoms with Gasteiger partial charge in [-0.05, 0) is 49.8 Å². The number of piperidine rings is 1. The summed E-state index contributed by atoms with van der Waals surface area (Å²) in [6, 6.07) is 6.84. The third-order valence-corrected chi connectivity index (χ3v) is 9.29. The second kappa shape index (κ2) is 12.6. The highest BCUT2D eigenvalue weighted by molar-refractivity contribution is 6.30. The average Bonchev–Trinajstić information content (AvgIpc) is 3.58. The van der Waals surface area contributed by atoms with Gasteiger partial charge < -0.3 is 19.4 Å². The van der Waals surface area contributed by atoms with Gasteiger partial charge in [0.1, 0.15) is 20.0 Å². The van der Waals surface area contributed by atoms with E-state index in [1.165, 1.54) is 4.90 Å². The molecule has 0 radical (unpaired) electrons. The molecule has 3 fully saturated rings. The fourth-order valence-corrected chi connectivity index (χ4v) is 5.79. The number of carbonyl (C=O) groups excluding carboxylic acids is 3. The van der Waals surface area contributed by atoms with Crippen molar-refractivity contribution in [3.05, 3.63) is 34.9 Å². The molecule has 2 atom stereocenters. The molecule has 1 aromatic rings. The topological polar surface area (TPSA) is 70.2 Å². The van der Waals surface area contributed by atoms with E-state index in [0.29, 0.717) is 37.5 Å². The number of likely N-dealkylation sites (N-methyl/N-ethyl adjacent to an activating group) is 1. The fourth-order valence-electron chi connectivity index (χ4n) is 5.67. The van der Waals surface area contributed by atoms with E-state index in [9.17, 15) is 27.6 Å². The Morgan fingerprint density at radius 3 is 2.17 bits per heavy atom. The van der Waals surface area contributed by atoms with Crippen LogP contribution in [0.25, 0.3) is 0 Å². The Labute approximate surface area is 238 Å². The van der Waals surface area contributed by atoms with E-state index in [-0.39, 0.29) is 48.6 Å². The van der Waals surface area contributed by atoms with Crippen molar-refractivity contribution >= 4 is 29.5 Å². The molecule has 0 spiro atoms. The number of nitrogens with zero attached hydrogens (tertiary/aromatic N) is 3. The molecule has 0 unspecified atom stereocenters. The molecule has 7 nitrogen and oxygen atoms in total. The normalized spacial score (nSPS) is 22.8. The first-order valence-corrected chi connectivity index (χ1v) is 14.4. The van der Waals surface area contributed by atoms with Crippen LogP contribution in [0, 0.1) is 16.7 Å². The lowest BCUT2D eigenvalue weighted by molar-refractivity contribution is -0.142. The second-order valence-corrected chi connectivity index (χ2v) is 12.4. The Hall–Kier alpha value is -2.49. The molecular weight excluding hydrogens is 547 g/mol. The van der Waals surface area contributed by atoms with Crippen LogP contribution in [-0.4, -0.2) is 98.5 Å². The molecule has 222 valence electrons. The molecule has 2 heterocycles. The minimum atomic E-state index is -1.79. The minimum Gasteiger partial charge on any atom is -0.449 e. The maximum atomic E-state index is 13.6. The Balaban J connectivity index is 1.40. The molecule has 0 aromatic heterocycles. The fraction of sp³-hybridized carbons (Fsp3) is 0.690. The molecule has 0 bridgehead atoms. The first-order chi connectivity index (χ1) is 19.1. The largest absolute Gasteiger partial charge is 0.449 e. The van der Waals surface area contributed by atoms with Crippen molar-refractivity contribution in [2.45, 2.75) is 51.0 Å². The number of amides is 3. The summed E-state index contributed by atoms with van der Waals surface area (Å²) in [6.07, 6.45) is 2.07. The SMILES string of the molecule is CN(C(=O)OCCC(CF)(CF)CF)[C@@H]1CN(C(=O)C2CCN(C(=O)C3(C)CC3)CC2)C[C@H]1c1ccc(Cl)cc1. The zero-order valence-corrected chi connectivity index (χ0v) is 24.0. The summed E-state index contributed by atoms with van der Waals surface area (Å²) in [4.78, 5) is 44.3. The van der Waals surface area contributed by atoms with Crippen LogP contribution in [0.5, 0.6) is 0 Å². The molecule has 11 heteroatoms. The molecule has 3 aliphatic rings. The second-order valence-electron chi connectivity index (χ2n) is 12.0. The molecule has 2 aliphatic heterocycles. The predicted octanol–water partition coefficient (Wildman–Crippen LogP) is 5.03. The van der Waals surface area contributed by atoms with Crippen molar-refractivity contribution in [2.24, 2.45) is 16.7 Å². The number of carbonyl (C=O) groups is 3. The zero-order chi connectivity index (χ0) is 29.1. The molecule has 4 rings (SSSR count). The van der Waals surface area contributed by atoms with Crippen LogP contribution in [0.4, 0.5) is 18.0 Å². The Kier molecular flexibility index (Phi) is 9.58. The number of benzene rings is 1. The summed E-state index contributed by atoms with van der Waals surface area (Å²) in [6.45, 7) is -0.0609. The van der Waals surface area contributed by atoms with Crippen molar-refractivity contribution in [3.63, 3.8) is 0 Å². The Morgan fingerprint density at radius 1 is 1.02 bits per heavy atom. The lowest BCUT2D eigenvalue weighted by atomic mass is 9.89. The van der Waals surface area contributed by atoms with Gasteiger partial charge >= 0.3 is 6.09 Å². The third kappa shape index (κ3) is 6.52. The van der Waals surface area contributed by atoms with Crippen LogP contribution < -0.4 is 0 Å². The molecule has 0 N–H and O–H groups in total. The number of hydrogen-bond donors (Lipinski definition) is 0. The van der Waals surface area contributed by atoms with Crippen molar-refractivity contribution in [1.82, 2.24) is 14.7 Å². The zero-order valence-electron chi connectivity index (χ0n) is 23.2. The average molecular weight is 586 g/mol. The van der Waals surface area contributed by atoms with Gasteiger partial charge in [-0.25, -0.2) is 4.79 Å². The lowest BCUT2D eigenvalue weighted by Gasteiger charge is -2.34. The third-order valence-electron chi connectivity index (χ3n) is 9.04. The lowest BCUT2D eigenvalue weighted by Crippen LogP contribution is -2.46. The van der Waals surface area contributed by atoms with Gasteiger partial charge in [0.15, 0.2) is 0 Å². The van der Waals surface area contributed by atoms with Crippen LogP contribution in [0.2, 0.25) is 5.02 Å². The minimum absolute atomic E-state index is 0.00610. The number of rotatable bonds is 10. The van der Waals surface area contributed by atoms with Gasteiger partial charge in [-0.1, -0.05) is 30.7 Å². The van der Waals surface area contributed by atoms with E-state index < -0.39 is 37.6 Å². The number of hydrogen-bond acceptors (Lipinski definition) is 4. The summed E-state index contributed by atoms with van der Waals surface area (Å²) in [5.74, 6) is -0.221. The summed E-state index contributed by atoms with van der Waals surface area (Å²) in [5, 5.41) is 0.567. The molecular formula is C29H39ClF3N3O4. The van der Waals surface area contributed by atoms with Gasteiger partial charge in [0.2, 0.25) is 11.8 Å². The summed E-state index contributed by atoms with van der Waals surface area (Å²) in [7, 11) is 1.57. The van der Waals surface area contributed by atoms with E-state index in [4.69, 9.17) is 16.3 Å². The maximum absolute atomic E-state index is 13.6. The molecule has 2 saturated heterocycles. The van der Waals surface area contributed by atoms with Gasteiger partial charge in [-0.2, -0.15) is 0 Å². The van der Waals surface area contributed by atoms with Crippen LogP contribution in [-0.2, 0) is 14.3 Å². The molecule has 1 aliphatic carbocycles. The number of halogens is 4. The number of alkyl halides is 3. The van der Waals surface area contributed by atoms with Crippen LogP contribution in [0.15, 0.2) is 24.3 Å². The Morgan fingerprint density at radius 2 is 1.62 bits per heavy atom. The number of ether oxygens (including phenoxy) is 1. The summed E-state index contributed by atoms with van der Waals surface area (Å²) >= 11 is 6.09. The highest BCUT2D eigenvalue weighted by Gasteiger charge is 2.48. The van der Waals surface area contributed by atoms with Gasteiger partial charge in [0.25, 0.3) is 0 Å². The summed E-state index contributed by atoms with van der Waals surface area (Å²) < 4.78 is 44.9. The van der Waals surface area contributed by atoms with Gasteiger partial charge in [0, 0.05) is 55.5 Å². The highest BCUT2D eigenvalue weighted by Crippen LogP contribution is 2.47. The molecule has 1 aromatic carbocycles. The van der Waals surface area contributed by atoms with Gasteiger partial charge in [-0.3, -0.25) is 22.8 Å². The van der Waals surface area contributed by atoms with Crippen LogP contribution >= 0.6 is 11.6 Å². The van der Waals surface area contributed by atoms with E-state index in [2.05, 4.69) is 0 Å². The Bertz CT molecular complexity index is 1050. The predicted molar refractivity (Wildman–Crippen MR) is 145 cm³/mol. The van der Waals surface area contributed by atoms with E-state index >= 15 is 0 Å². The first kappa shape index (κ1) is 30.5. The molecule has 40 heavy (non-hydrogen) atoms. The molecule has 1 saturated carbocycles. The maximum Gasteiger partial charge on any atom is 0.409 e. The van der Waals surface area contributed by atoms with Crippen molar-refractivity contribution < 1.29 is 32.3 Å². The summed E-state index contributed by atoms with van der Waals surface area (Å²) in [5.41, 5.74) is -1.11. The highest BCUT2D eigenvalue weighted by atomic mass is 35.5. The van der Waals surface area contributed by atoms with Crippen molar-refractivity contribution in [1.29, 1.82) is 0 Å². The molecule has 3 amide bonds. The van der Waals surface area contributed by atoms with Crippen LogP contribution in [0.3, 0.4) is 0 Å². The van der Waals surface area contributed by atoms with E-state index in [0.717, 1.165) is 18.4 Å². The quantitative estimate of drug-likeness (QED) is 0.386. The van der Waals surface area contributed by atoms with Gasteiger partial charge in [-0.15, -0.1) is 0 Å². The number of likely N-dealkylation sites (tertiary alicyclic amines) is 2. The standard InChI is InChI=1S/C29H39ClF3N3O4/c1-28(9-10-28)26(38)35-12-7-21(8-13-35)25(37)36-15-23(20-3-5-22(30)6-4-20)24(16-36)34(2)27(39)40-14-11-29(17-31,18-32)19-33/h3-6,21,23-24H,7-19H2,1-2H3/t23-,24+/m0/s1. The van der Waals surface area contributed by atoms with E-state index in [1.807, 2.05) is 24.0 Å². The first-order valence-electron chi connectivity index (χ1n) is 14.0. The monoisotopic (exact) mass is 585 g/mol. The van der Waals surface area contributed by atoms with Crippen LogP contribution in [0.1, 0.15) is 50.5 Å². The van der Waals surface area contributed by atoms with Crippen molar-refractivity contribution in [3.8, 4) is 0 Å². The smallest absolute Gasteiger partial charge is 0.409 e.